The molecule has 2 aliphatic rings. The van der Waals surface area contributed by atoms with Gasteiger partial charge in [-0.25, -0.2) is 8.78 Å². The highest BCUT2D eigenvalue weighted by atomic mass is 19.3. The summed E-state index contributed by atoms with van der Waals surface area (Å²) in [6.07, 6.45) is 0.147. The first-order valence-electron chi connectivity index (χ1n) is 11.9. The first kappa shape index (κ1) is 22.5. The van der Waals surface area contributed by atoms with Crippen LogP contribution in [-0.2, 0) is 4.79 Å². The number of halogens is 2. The van der Waals surface area contributed by atoms with Crippen LogP contribution in [0.15, 0.2) is 48.5 Å². The van der Waals surface area contributed by atoms with Gasteiger partial charge in [0.25, 0.3) is 0 Å². The maximum absolute atomic E-state index is 13.5. The predicted molar refractivity (Wildman–Crippen MR) is 130 cm³/mol. The van der Waals surface area contributed by atoms with Crippen LogP contribution in [0.3, 0.4) is 0 Å². The summed E-state index contributed by atoms with van der Waals surface area (Å²) in [4.78, 5) is 17.1. The van der Waals surface area contributed by atoms with Crippen LogP contribution in [0, 0.1) is 5.92 Å². The molecule has 2 fully saturated rings. The van der Waals surface area contributed by atoms with Crippen molar-refractivity contribution in [1.29, 1.82) is 0 Å². The van der Waals surface area contributed by atoms with Gasteiger partial charge < -0.3 is 15.5 Å². The molecule has 3 aromatic rings. The van der Waals surface area contributed by atoms with Crippen molar-refractivity contribution in [2.24, 2.45) is 5.92 Å². The third kappa shape index (κ3) is 4.29. The van der Waals surface area contributed by atoms with Crippen molar-refractivity contribution in [3.63, 3.8) is 0 Å². The summed E-state index contributed by atoms with van der Waals surface area (Å²) >= 11 is 0. The molecule has 0 spiro atoms. The summed E-state index contributed by atoms with van der Waals surface area (Å²) < 4.78 is 27.0. The Balaban J connectivity index is 1.36. The number of aromatic nitrogens is 2. The summed E-state index contributed by atoms with van der Waals surface area (Å²) in [5.41, 5.74) is 8.29. The van der Waals surface area contributed by atoms with E-state index in [9.17, 15) is 13.6 Å². The summed E-state index contributed by atoms with van der Waals surface area (Å²) in [5.74, 6) is -2.11. The number of carbonyl (C=O) groups excluding carboxylic acids is 1. The summed E-state index contributed by atoms with van der Waals surface area (Å²) in [6.45, 7) is 3.78. The SMILES string of the molecule is C[C@@H]1CN(C(=O)C2CCC(F)(F)CC2)CCN1c1nnc(-c2ccc(N)cc2)c2ccccc12. The number of alkyl halides is 2. The fourth-order valence-corrected chi connectivity index (χ4v) is 5.17. The molecule has 2 heterocycles. The third-order valence-electron chi connectivity index (χ3n) is 7.13. The van der Waals surface area contributed by atoms with Gasteiger partial charge in [-0.15, -0.1) is 10.2 Å². The van der Waals surface area contributed by atoms with Crippen molar-refractivity contribution in [3.05, 3.63) is 48.5 Å². The van der Waals surface area contributed by atoms with Crippen molar-refractivity contribution in [1.82, 2.24) is 15.1 Å². The number of benzene rings is 2. The highest BCUT2D eigenvalue weighted by molar-refractivity contribution is 6.00. The van der Waals surface area contributed by atoms with Crippen molar-refractivity contribution in [2.45, 2.75) is 44.6 Å². The van der Waals surface area contributed by atoms with Gasteiger partial charge in [-0.3, -0.25) is 4.79 Å². The van der Waals surface area contributed by atoms with Gasteiger partial charge in [0, 0.05) is 66.5 Å². The van der Waals surface area contributed by atoms with Crippen LogP contribution in [0.2, 0.25) is 0 Å². The molecule has 178 valence electrons. The van der Waals surface area contributed by atoms with Crippen molar-refractivity contribution in [3.8, 4) is 11.3 Å². The molecule has 1 atom stereocenters. The summed E-state index contributed by atoms with van der Waals surface area (Å²) in [5, 5.41) is 11.2. The number of nitrogen functional groups attached to an aromatic ring is 1. The fourth-order valence-electron chi connectivity index (χ4n) is 5.17. The van der Waals surface area contributed by atoms with Crippen LogP contribution in [0.4, 0.5) is 20.3 Å². The quantitative estimate of drug-likeness (QED) is 0.566. The normalized spacial score (nSPS) is 21.1. The molecule has 1 saturated heterocycles. The highest BCUT2D eigenvalue weighted by Crippen LogP contribution is 2.38. The van der Waals surface area contributed by atoms with Crippen LogP contribution in [0.5, 0.6) is 0 Å². The minimum atomic E-state index is -2.62. The Bertz CT molecular complexity index is 1190. The lowest BCUT2D eigenvalue weighted by molar-refractivity contribution is -0.140. The van der Waals surface area contributed by atoms with Crippen molar-refractivity contribution in [2.75, 3.05) is 30.3 Å². The molecule has 1 saturated carbocycles. The molecule has 1 amide bonds. The number of hydrogen-bond acceptors (Lipinski definition) is 5. The second kappa shape index (κ2) is 8.81. The van der Waals surface area contributed by atoms with Gasteiger partial charge in [-0.1, -0.05) is 36.4 Å². The molecule has 0 unspecified atom stereocenters. The number of hydrogen-bond donors (Lipinski definition) is 1. The number of piperazine rings is 1. The predicted octanol–water partition coefficient (Wildman–Crippen LogP) is 4.74. The van der Waals surface area contributed by atoms with E-state index in [4.69, 9.17) is 5.73 Å². The van der Waals surface area contributed by atoms with Crippen LogP contribution in [0.1, 0.15) is 32.6 Å². The Morgan fingerprint density at radius 3 is 2.35 bits per heavy atom. The molecule has 5 rings (SSSR count). The number of fused-ring (bicyclic) bond motifs is 1. The number of nitrogens with two attached hydrogens (primary N) is 1. The topological polar surface area (TPSA) is 75.4 Å². The molecule has 34 heavy (non-hydrogen) atoms. The van der Waals surface area contributed by atoms with Gasteiger partial charge >= 0.3 is 0 Å². The van der Waals surface area contributed by atoms with E-state index in [1.54, 1.807) is 0 Å². The van der Waals surface area contributed by atoms with Crippen LogP contribution >= 0.6 is 0 Å². The molecule has 0 radical (unpaired) electrons. The first-order valence-corrected chi connectivity index (χ1v) is 11.9. The molecule has 2 aromatic carbocycles. The average molecular weight is 466 g/mol. The third-order valence-corrected chi connectivity index (χ3v) is 7.13. The average Bonchev–Trinajstić information content (AvgIpc) is 2.84. The summed E-state index contributed by atoms with van der Waals surface area (Å²) in [6, 6.07) is 15.7. The Kier molecular flexibility index (Phi) is 5.83. The van der Waals surface area contributed by atoms with Gasteiger partial charge in [0.05, 0.1) is 0 Å². The van der Waals surface area contributed by atoms with Crippen LogP contribution < -0.4 is 10.6 Å². The Morgan fingerprint density at radius 2 is 1.68 bits per heavy atom. The highest BCUT2D eigenvalue weighted by Gasteiger charge is 2.40. The minimum Gasteiger partial charge on any atom is -0.399 e. The second-order valence-electron chi connectivity index (χ2n) is 9.50. The molecule has 1 aromatic heterocycles. The smallest absolute Gasteiger partial charge is 0.248 e. The molecule has 1 aliphatic carbocycles. The maximum Gasteiger partial charge on any atom is 0.248 e. The lowest BCUT2D eigenvalue weighted by Crippen LogP contribution is -2.55. The van der Waals surface area contributed by atoms with Crippen LogP contribution in [0.25, 0.3) is 22.0 Å². The minimum absolute atomic E-state index is 0.0108. The Hall–Kier alpha value is -3.29. The molecule has 1 aliphatic heterocycles. The number of carbonyl (C=O) groups is 1. The first-order chi connectivity index (χ1) is 16.3. The zero-order valence-corrected chi connectivity index (χ0v) is 19.3. The van der Waals surface area contributed by atoms with Gasteiger partial charge in [-0.2, -0.15) is 0 Å². The van der Waals surface area contributed by atoms with Crippen molar-refractivity contribution < 1.29 is 13.6 Å². The molecule has 8 heteroatoms. The van der Waals surface area contributed by atoms with E-state index in [0.29, 0.717) is 25.3 Å². The van der Waals surface area contributed by atoms with E-state index >= 15 is 0 Å². The molecule has 2 N–H and O–H groups in total. The zero-order valence-electron chi connectivity index (χ0n) is 19.3. The number of amides is 1. The van der Waals surface area contributed by atoms with Crippen molar-refractivity contribution >= 4 is 28.2 Å². The number of anilines is 2. The van der Waals surface area contributed by atoms with E-state index in [0.717, 1.165) is 27.8 Å². The number of rotatable bonds is 3. The second-order valence-corrected chi connectivity index (χ2v) is 9.50. The Morgan fingerprint density at radius 1 is 1.00 bits per heavy atom. The van der Waals surface area contributed by atoms with E-state index < -0.39 is 5.92 Å². The lowest BCUT2D eigenvalue weighted by Gasteiger charge is -2.42. The molecular weight excluding hydrogens is 436 g/mol. The van der Waals surface area contributed by atoms with E-state index in [2.05, 4.69) is 22.0 Å². The fraction of sp³-hybridized carbons (Fsp3) is 0.423. The number of nitrogens with zero attached hydrogens (tertiary/aromatic N) is 4. The lowest BCUT2D eigenvalue weighted by atomic mass is 9.85. The van der Waals surface area contributed by atoms with E-state index in [1.807, 2.05) is 53.4 Å². The summed E-state index contributed by atoms with van der Waals surface area (Å²) in [7, 11) is 0. The molecule has 0 bridgehead atoms. The van der Waals surface area contributed by atoms with Gasteiger partial charge in [0.15, 0.2) is 5.82 Å². The monoisotopic (exact) mass is 465 g/mol. The largest absolute Gasteiger partial charge is 0.399 e. The van der Waals surface area contributed by atoms with Gasteiger partial charge in [0.2, 0.25) is 11.8 Å². The van der Waals surface area contributed by atoms with E-state index in [1.165, 1.54) is 0 Å². The molecule has 6 nitrogen and oxygen atoms in total. The Labute approximate surface area is 197 Å². The van der Waals surface area contributed by atoms with Gasteiger partial charge in [-0.05, 0) is 31.9 Å². The molecular formula is C26H29F2N5O. The standard InChI is InChI=1S/C26H29F2N5O/c1-17-16-32(25(34)19-10-12-26(27,28)13-11-19)14-15-33(17)24-22-5-3-2-4-21(22)23(30-31-24)18-6-8-20(29)9-7-18/h2-9,17,19H,10-16,29H2,1H3/t17-/m1/s1. The van der Waals surface area contributed by atoms with E-state index in [-0.39, 0.29) is 43.6 Å². The van der Waals surface area contributed by atoms with Gasteiger partial charge in [0.1, 0.15) is 5.69 Å². The maximum atomic E-state index is 13.5. The zero-order chi connectivity index (χ0) is 23.9. The van der Waals surface area contributed by atoms with Crippen LogP contribution in [-0.4, -0.2) is 52.6 Å².